The smallest absolute Gasteiger partial charge is 0.410 e. The van der Waals surface area contributed by atoms with Gasteiger partial charge in [0.1, 0.15) is 11.9 Å². The third kappa shape index (κ3) is 4.03. The van der Waals surface area contributed by atoms with Gasteiger partial charge >= 0.3 is 6.09 Å². The number of piperidine rings is 1. The number of ether oxygens (including phenoxy) is 1. The third-order valence-electron chi connectivity index (χ3n) is 4.66. The fourth-order valence-corrected chi connectivity index (χ4v) is 3.34. The highest BCUT2D eigenvalue weighted by Crippen LogP contribution is 2.31. The summed E-state index contributed by atoms with van der Waals surface area (Å²) in [5.74, 6) is 0.337. The topological polar surface area (TPSA) is 84.0 Å². The summed E-state index contributed by atoms with van der Waals surface area (Å²) in [6.45, 7) is 11.0. The van der Waals surface area contributed by atoms with E-state index in [0.29, 0.717) is 19.0 Å². The van der Waals surface area contributed by atoms with E-state index in [2.05, 4.69) is 26.2 Å². The second-order valence-corrected chi connectivity index (χ2v) is 7.87. The van der Waals surface area contributed by atoms with Crippen molar-refractivity contribution in [3.8, 4) is 11.3 Å². The number of carbonyl (C=O) groups is 1. The molecule has 0 aromatic carbocycles. The molecule has 1 amide bonds. The number of hydrogen-bond donors (Lipinski definition) is 1. The highest BCUT2D eigenvalue weighted by Gasteiger charge is 2.28. The Morgan fingerprint density at radius 3 is 2.38 bits per heavy atom. The Hall–Kier alpha value is -2.44. The van der Waals surface area contributed by atoms with E-state index in [4.69, 9.17) is 4.74 Å². The lowest BCUT2D eigenvalue weighted by molar-refractivity contribution is 0.0204. The van der Waals surface area contributed by atoms with Crippen LogP contribution in [0.1, 0.15) is 56.6 Å². The Bertz CT molecular complexity index is 765. The molecule has 0 atom stereocenters. The van der Waals surface area contributed by atoms with Crippen molar-refractivity contribution in [2.24, 2.45) is 0 Å². The number of rotatable bonds is 2. The number of likely N-dealkylation sites (tertiary alicyclic amines) is 1. The highest BCUT2D eigenvalue weighted by atomic mass is 16.6. The summed E-state index contributed by atoms with van der Waals surface area (Å²) in [6, 6.07) is 2.09. The molecular formula is C19H27N5O2. The quantitative estimate of drug-likeness (QED) is 0.888. The normalized spacial score (nSPS) is 16.0. The second kappa shape index (κ2) is 7.05. The lowest BCUT2D eigenvalue weighted by Crippen LogP contribution is -2.41. The number of nitrogens with zero attached hydrogens (tertiary/aromatic N) is 4. The van der Waals surface area contributed by atoms with Crippen LogP contribution in [0.5, 0.6) is 0 Å². The number of nitrogens with one attached hydrogen (secondary N) is 1. The lowest BCUT2D eigenvalue weighted by atomic mass is 9.93. The van der Waals surface area contributed by atoms with Gasteiger partial charge in [-0.2, -0.15) is 5.10 Å². The number of aromatic nitrogens is 4. The van der Waals surface area contributed by atoms with Crippen molar-refractivity contribution in [1.82, 2.24) is 25.1 Å². The first-order chi connectivity index (χ1) is 12.2. The number of amides is 1. The molecule has 0 spiro atoms. The average Bonchev–Trinajstić information content (AvgIpc) is 3.03. The van der Waals surface area contributed by atoms with Crippen LogP contribution in [0.15, 0.2) is 12.4 Å². The summed E-state index contributed by atoms with van der Waals surface area (Å²) in [7, 11) is 0. The fourth-order valence-electron chi connectivity index (χ4n) is 3.34. The molecular weight excluding hydrogens is 330 g/mol. The minimum Gasteiger partial charge on any atom is -0.444 e. The molecule has 26 heavy (non-hydrogen) atoms. The van der Waals surface area contributed by atoms with Crippen molar-refractivity contribution in [2.45, 2.75) is 59.0 Å². The van der Waals surface area contributed by atoms with Crippen molar-refractivity contribution in [3.05, 3.63) is 29.5 Å². The first kappa shape index (κ1) is 18.4. The molecule has 7 heteroatoms. The molecule has 0 aliphatic carbocycles. The Morgan fingerprint density at radius 2 is 1.81 bits per heavy atom. The molecule has 2 aromatic heterocycles. The van der Waals surface area contributed by atoms with Gasteiger partial charge in [0.05, 0.1) is 22.8 Å². The lowest BCUT2D eigenvalue weighted by Gasteiger charge is -2.32. The van der Waals surface area contributed by atoms with Crippen molar-refractivity contribution in [2.75, 3.05) is 13.1 Å². The van der Waals surface area contributed by atoms with Crippen molar-refractivity contribution in [3.63, 3.8) is 0 Å². The highest BCUT2D eigenvalue weighted by molar-refractivity contribution is 5.68. The Labute approximate surface area is 154 Å². The first-order valence-electron chi connectivity index (χ1n) is 9.06. The molecule has 0 bridgehead atoms. The van der Waals surface area contributed by atoms with Crippen LogP contribution >= 0.6 is 0 Å². The number of aryl methyl sites for hydroxylation is 2. The Balaban J connectivity index is 1.66. The zero-order chi connectivity index (χ0) is 18.9. The van der Waals surface area contributed by atoms with E-state index in [-0.39, 0.29) is 6.09 Å². The van der Waals surface area contributed by atoms with Crippen molar-refractivity contribution >= 4 is 6.09 Å². The molecule has 3 heterocycles. The fraction of sp³-hybridized carbons (Fsp3) is 0.579. The summed E-state index contributed by atoms with van der Waals surface area (Å²) >= 11 is 0. The molecule has 0 saturated carbocycles. The van der Waals surface area contributed by atoms with Gasteiger partial charge in [-0.05, 0) is 53.5 Å². The van der Waals surface area contributed by atoms with Gasteiger partial charge < -0.3 is 9.64 Å². The zero-order valence-corrected chi connectivity index (χ0v) is 16.2. The molecule has 1 N–H and O–H groups in total. The van der Waals surface area contributed by atoms with Crippen LogP contribution < -0.4 is 0 Å². The van der Waals surface area contributed by atoms with Crippen LogP contribution in [-0.2, 0) is 4.74 Å². The molecule has 2 aromatic rings. The predicted molar refractivity (Wildman–Crippen MR) is 98.9 cm³/mol. The summed E-state index contributed by atoms with van der Waals surface area (Å²) in [5.41, 5.74) is 4.41. The van der Waals surface area contributed by atoms with Crippen LogP contribution in [0.4, 0.5) is 4.79 Å². The minimum absolute atomic E-state index is 0.230. The van der Waals surface area contributed by atoms with E-state index in [0.717, 1.165) is 41.2 Å². The van der Waals surface area contributed by atoms with Gasteiger partial charge in [-0.1, -0.05) is 0 Å². The SMILES string of the molecule is Cc1ncnc(C)c1-c1cc(C2CCN(C(=O)OC(C)(C)C)CC2)n[nH]1. The number of aromatic amines is 1. The summed E-state index contributed by atoms with van der Waals surface area (Å²) < 4.78 is 5.46. The van der Waals surface area contributed by atoms with Crippen molar-refractivity contribution < 1.29 is 9.53 Å². The van der Waals surface area contributed by atoms with Gasteiger partial charge in [-0.3, -0.25) is 5.10 Å². The summed E-state index contributed by atoms with van der Waals surface area (Å²) in [6.07, 6.45) is 3.11. The van der Waals surface area contributed by atoms with Crippen LogP contribution in [-0.4, -0.2) is 49.8 Å². The maximum Gasteiger partial charge on any atom is 0.410 e. The van der Waals surface area contributed by atoms with Gasteiger partial charge in [0.25, 0.3) is 0 Å². The van der Waals surface area contributed by atoms with Crippen molar-refractivity contribution in [1.29, 1.82) is 0 Å². The molecule has 3 rings (SSSR count). The van der Waals surface area contributed by atoms with E-state index in [1.54, 1.807) is 11.2 Å². The van der Waals surface area contributed by atoms with Gasteiger partial charge in [0.2, 0.25) is 0 Å². The molecule has 1 fully saturated rings. The van der Waals surface area contributed by atoms with Gasteiger partial charge in [0, 0.05) is 24.6 Å². The van der Waals surface area contributed by atoms with E-state index in [1.165, 1.54) is 0 Å². The number of H-pyrrole nitrogens is 1. The van der Waals surface area contributed by atoms with E-state index >= 15 is 0 Å². The number of carbonyl (C=O) groups excluding carboxylic acids is 1. The maximum absolute atomic E-state index is 12.2. The predicted octanol–water partition coefficient (Wildman–Crippen LogP) is 3.60. The average molecular weight is 357 g/mol. The van der Waals surface area contributed by atoms with Crippen LogP contribution in [0.3, 0.4) is 0 Å². The molecule has 0 unspecified atom stereocenters. The molecule has 140 valence electrons. The second-order valence-electron chi connectivity index (χ2n) is 7.87. The Kier molecular flexibility index (Phi) is 4.98. The van der Waals surface area contributed by atoms with E-state index in [1.807, 2.05) is 34.6 Å². The third-order valence-corrected chi connectivity index (χ3v) is 4.66. The standard InChI is InChI=1S/C19H27N5O2/c1-12-17(13(2)21-11-20-12)16-10-15(22-23-16)14-6-8-24(9-7-14)18(25)26-19(3,4)5/h10-11,14H,6-9H2,1-5H3,(H,22,23). The summed E-state index contributed by atoms with van der Waals surface area (Å²) in [4.78, 5) is 22.5. The minimum atomic E-state index is -0.460. The molecule has 1 aliphatic heterocycles. The maximum atomic E-state index is 12.2. The van der Waals surface area contributed by atoms with E-state index in [9.17, 15) is 4.79 Å². The largest absolute Gasteiger partial charge is 0.444 e. The molecule has 1 aliphatic rings. The van der Waals surface area contributed by atoms with Gasteiger partial charge in [0.15, 0.2) is 0 Å². The van der Waals surface area contributed by atoms with Crippen LogP contribution in [0, 0.1) is 13.8 Å². The monoisotopic (exact) mass is 357 g/mol. The van der Waals surface area contributed by atoms with Crippen LogP contribution in [0.25, 0.3) is 11.3 Å². The molecule has 7 nitrogen and oxygen atoms in total. The first-order valence-corrected chi connectivity index (χ1v) is 9.06. The Morgan fingerprint density at radius 1 is 1.19 bits per heavy atom. The molecule has 1 saturated heterocycles. The summed E-state index contributed by atoms with van der Waals surface area (Å²) in [5, 5.41) is 7.64. The van der Waals surface area contributed by atoms with E-state index < -0.39 is 5.60 Å². The van der Waals surface area contributed by atoms with Gasteiger partial charge in [-0.15, -0.1) is 0 Å². The zero-order valence-electron chi connectivity index (χ0n) is 16.2. The van der Waals surface area contributed by atoms with Gasteiger partial charge in [-0.25, -0.2) is 14.8 Å². The molecule has 0 radical (unpaired) electrons. The number of hydrogen-bond acceptors (Lipinski definition) is 5. The van der Waals surface area contributed by atoms with Crippen LogP contribution in [0.2, 0.25) is 0 Å².